The second-order valence-corrected chi connectivity index (χ2v) is 7.04. The summed E-state index contributed by atoms with van der Waals surface area (Å²) in [6, 6.07) is 11.5. The van der Waals surface area contributed by atoms with Crippen molar-refractivity contribution in [3.63, 3.8) is 0 Å². The number of thioether (sulfide) groups is 1. The molecule has 2 aromatic heterocycles. The number of benzene rings is 1. The van der Waals surface area contributed by atoms with Gasteiger partial charge in [-0.05, 0) is 48.9 Å². The zero-order chi connectivity index (χ0) is 16.9. The molecule has 0 fully saturated rings. The number of aryl methyl sites for hydroxylation is 1. The standard InChI is InChI=1S/C17H15BrN4OS/c1-12-9-13(18)3-5-15(12)24-11-17(23)21-14-4-6-16(19-10-14)22-8-2-7-20-22/h2-10H,11H2,1H3,(H,21,23). The third kappa shape index (κ3) is 4.24. The molecule has 0 atom stereocenters. The Hall–Kier alpha value is -2.12. The molecule has 0 saturated heterocycles. The maximum Gasteiger partial charge on any atom is 0.234 e. The first kappa shape index (κ1) is 16.7. The van der Waals surface area contributed by atoms with Gasteiger partial charge in [0.25, 0.3) is 0 Å². The van der Waals surface area contributed by atoms with Gasteiger partial charge < -0.3 is 5.32 Å². The molecule has 0 spiro atoms. The highest BCUT2D eigenvalue weighted by molar-refractivity contribution is 9.10. The van der Waals surface area contributed by atoms with Crippen molar-refractivity contribution in [2.24, 2.45) is 0 Å². The fraction of sp³-hybridized carbons (Fsp3) is 0.118. The lowest BCUT2D eigenvalue weighted by Gasteiger charge is -2.08. The van der Waals surface area contributed by atoms with Gasteiger partial charge in [-0.25, -0.2) is 9.67 Å². The van der Waals surface area contributed by atoms with Gasteiger partial charge in [-0.2, -0.15) is 5.10 Å². The SMILES string of the molecule is Cc1cc(Br)ccc1SCC(=O)Nc1ccc(-n2cccn2)nc1. The summed E-state index contributed by atoms with van der Waals surface area (Å²) in [5, 5.41) is 6.97. The molecular weight excluding hydrogens is 388 g/mol. The number of carbonyl (C=O) groups excluding carboxylic acids is 1. The largest absolute Gasteiger partial charge is 0.324 e. The summed E-state index contributed by atoms with van der Waals surface area (Å²) in [5.41, 5.74) is 1.82. The molecule has 1 N–H and O–H groups in total. The summed E-state index contributed by atoms with van der Waals surface area (Å²) in [5.74, 6) is 0.998. The smallest absolute Gasteiger partial charge is 0.234 e. The third-order valence-electron chi connectivity index (χ3n) is 3.27. The van der Waals surface area contributed by atoms with Crippen LogP contribution in [0.3, 0.4) is 0 Å². The zero-order valence-electron chi connectivity index (χ0n) is 12.9. The lowest BCUT2D eigenvalue weighted by atomic mass is 10.2. The fourth-order valence-corrected chi connectivity index (χ4v) is 3.40. The molecule has 3 rings (SSSR count). The first-order valence-electron chi connectivity index (χ1n) is 7.27. The monoisotopic (exact) mass is 402 g/mol. The summed E-state index contributed by atoms with van der Waals surface area (Å²) in [4.78, 5) is 17.5. The van der Waals surface area contributed by atoms with E-state index in [1.807, 2.05) is 49.5 Å². The molecule has 5 nitrogen and oxygen atoms in total. The van der Waals surface area contributed by atoms with Crippen molar-refractivity contribution in [2.45, 2.75) is 11.8 Å². The average Bonchev–Trinajstić information content (AvgIpc) is 3.09. The van der Waals surface area contributed by atoms with Crippen LogP contribution in [0.15, 0.2) is 64.4 Å². The number of nitrogens with zero attached hydrogens (tertiary/aromatic N) is 3. The minimum Gasteiger partial charge on any atom is -0.324 e. The topological polar surface area (TPSA) is 59.8 Å². The number of hydrogen-bond acceptors (Lipinski definition) is 4. The van der Waals surface area contributed by atoms with Crippen LogP contribution in [0, 0.1) is 6.92 Å². The van der Waals surface area contributed by atoms with E-state index in [9.17, 15) is 4.79 Å². The van der Waals surface area contributed by atoms with Gasteiger partial charge in [0.15, 0.2) is 5.82 Å². The minimum absolute atomic E-state index is 0.0593. The summed E-state index contributed by atoms with van der Waals surface area (Å²) >= 11 is 4.96. The van der Waals surface area contributed by atoms with E-state index >= 15 is 0 Å². The second-order valence-electron chi connectivity index (χ2n) is 5.10. The van der Waals surface area contributed by atoms with E-state index < -0.39 is 0 Å². The van der Waals surface area contributed by atoms with Crippen LogP contribution in [0.1, 0.15) is 5.56 Å². The minimum atomic E-state index is -0.0593. The van der Waals surface area contributed by atoms with Crippen LogP contribution in [0.25, 0.3) is 5.82 Å². The number of rotatable bonds is 5. The van der Waals surface area contributed by atoms with Gasteiger partial charge in [0.1, 0.15) is 0 Å². The number of nitrogens with one attached hydrogen (secondary N) is 1. The Morgan fingerprint density at radius 2 is 2.21 bits per heavy atom. The summed E-state index contributed by atoms with van der Waals surface area (Å²) in [6.45, 7) is 2.03. The summed E-state index contributed by atoms with van der Waals surface area (Å²) in [6.07, 6.45) is 5.14. The van der Waals surface area contributed by atoms with Crippen molar-refractivity contribution in [3.8, 4) is 5.82 Å². The molecule has 0 aliphatic carbocycles. The van der Waals surface area contributed by atoms with Crippen molar-refractivity contribution >= 4 is 39.3 Å². The average molecular weight is 403 g/mol. The second kappa shape index (κ2) is 7.63. The van der Waals surface area contributed by atoms with E-state index in [1.165, 1.54) is 11.8 Å². The summed E-state index contributed by atoms with van der Waals surface area (Å²) < 4.78 is 2.70. The van der Waals surface area contributed by atoms with E-state index in [0.29, 0.717) is 17.3 Å². The Morgan fingerprint density at radius 1 is 1.33 bits per heavy atom. The van der Waals surface area contributed by atoms with Gasteiger partial charge in [-0.1, -0.05) is 15.9 Å². The van der Waals surface area contributed by atoms with Gasteiger partial charge in [0.2, 0.25) is 5.91 Å². The van der Waals surface area contributed by atoms with Crippen molar-refractivity contribution in [1.82, 2.24) is 14.8 Å². The van der Waals surface area contributed by atoms with Crippen molar-refractivity contribution in [3.05, 3.63) is 65.0 Å². The van der Waals surface area contributed by atoms with E-state index in [4.69, 9.17) is 0 Å². The molecule has 1 aromatic carbocycles. The van der Waals surface area contributed by atoms with Crippen LogP contribution in [0.5, 0.6) is 0 Å². The number of hydrogen-bond donors (Lipinski definition) is 1. The number of anilines is 1. The lowest BCUT2D eigenvalue weighted by molar-refractivity contribution is -0.113. The van der Waals surface area contributed by atoms with Crippen molar-refractivity contribution < 1.29 is 4.79 Å². The van der Waals surface area contributed by atoms with Gasteiger partial charge in [-0.3, -0.25) is 4.79 Å². The Labute approximate surface area is 152 Å². The van der Waals surface area contributed by atoms with E-state index in [-0.39, 0.29) is 5.91 Å². The zero-order valence-corrected chi connectivity index (χ0v) is 15.3. The normalized spacial score (nSPS) is 10.6. The highest BCUT2D eigenvalue weighted by Gasteiger charge is 2.07. The fourth-order valence-electron chi connectivity index (χ4n) is 2.11. The molecule has 2 heterocycles. The lowest BCUT2D eigenvalue weighted by Crippen LogP contribution is -2.14. The Bertz CT molecular complexity index is 834. The molecule has 122 valence electrons. The highest BCUT2D eigenvalue weighted by atomic mass is 79.9. The van der Waals surface area contributed by atoms with Crippen LogP contribution >= 0.6 is 27.7 Å². The van der Waals surface area contributed by atoms with E-state index in [0.717, 1.165) is 14.9 Å². The van der Waals surface area contributed by atoms with Crippen LogP contribution in [0.2, 0.25) is 0 Å². The van der Waals surface area contributed by atoms with Crippen LogP contribution < -0.4 is 5.32 Å². The molecule has 0 unspecified atom stereocenters. The molecule has 24 heavy (non-hydrogen) atoms. The van der Waals surface area contributed by atoms with Crippen molar-refractivity contribution in [1.29, 1.82) is 0 Å². The molecule has 0 bridgehead atoms. The van der Waals surface area contributed by atoms with Gasteiger partial charge in [0, 0.05) is 21.8 Å². The highest BCUT2D eigenvalue weighted by Crippen LogP contribution is 2.25. The predicted molar refractivity (Wildman–Crippen MR) is 99.6 cm³/mol. The number of aromatic nitrogens is 3. The molecule has 3 aromatic rings. The van der Waals surface area contributed by atoms with E-state index in [1.54, 1.807) is 17.1 Å². The van der Waals surface area contributed by atoms with Crippen LogP contribution in [0.4, 0.5) is 5.69 Å². The predicted octanol–water partition coefficient (Wildman–Crippen LogP) is 4.07. The first-order chi connectivity index (χ1) is 11.6. The van der Waals surface area contributed by atoms with Crippen LogP contribution in [-0.2, 0) is 4.79 Å². The molecule has 0 aliphatic rings. The van der Waals surface area contributed by atoms with Gasteiger partial charge >= 0.3 is 0 Å². The van der Waals surface area contributed by atoms with Gasteiger partial charge in [-0.15, -0.1) is 11.8 Å². The van der Waals surface area contributed by atoms with E-state index in [2.05, 4.69) is 31.3 Å². The molecular formula is C17H15BrN4OS. The third-order valence-corrected chi connectivity index (χ3v) is 4.94. The Morgan fingerprint density at radius 3 is 2.88 bits per heavy atom. The Balaban J connectivity index is 1.56. The number of carbonyl (C=O) groups is 1. The van der Waals surface area contributed by atoms with Gasteiger partial charge in [0.05, 0.1) is 17.6 Å². The summed E-state index contributed by atoms with van der Waals surface area (Å²) in [7, 11) is 0. The molecule has 0 radical (unpaired) electrons. The molecule has 1 amide bonds. The first-order valence-corrected chi connectivity index (χ1v) is 9.04. The quantitative estimate of drug-likeness (QED) is 0.653. The maximum absolute atomic E-state index is 12.1. The molecule has 7 heteroatoms. The molecule has 0 saturated carbocycles. The number of halogens is 1. The Kier molecular flexibility index (Phi) is 5.32. The van der Waals surface area contributed by atoms with Crippen molar-refractivity contribution in [2.75, 3.05) is 11.1 Å². The maximum atomic E-state index is 12.1. The number of pyridine rings is 1. The number of amides is 1. The molecule has 0 aliphatic heterocycles. The van der Waals surface area contributed by atoms with Crippen LogP contribution in [-0.4, -0.2) is 26.4 Å².